The average molecular weight is 538 g/mol. The zero-order valence-electron chi connectivity index (χ0n) is 22.1. The highest BCUT2D eigenvalue weighted by molar-refractivity contribution is 7.80. The van der Waals surface area contributed by atoms with Crippen LogP contribution in [0.25, 0.3) is 10.8 Å². The predicted molar refractivity (Wildman–Crippen MR) is 152 cm³/mol. The lowest BCUT2D eigenvalue weighted by Gasteiger charge is -2.33. The van der Waals surface area contributed by atoms with Crippen LogP contribution in [0.2, 0.25) is 0 Å². The Bertz CT molecular complexity index is 1270. The lowest BCUT2D eigenvalue weighted by Crippen LogP contribution is -2.53. The molecular weight excluding hydrogens is 502 g/mol. The van der Waals surface area contributed by atoms with Crippen molar-refractivity contribution in [1.82, 2.24) is 10.2 Å². The summed E-state index contributed by atoms with van der Waals surface area (Å²) < 4.78 is 5.30. The maximum Gasteiger partial charge on any atom is 0.408 e. The number of benzene rings is 3. The monoisotopic (exact) mass is 537 g/mol. The van der Waals surface area contributed by atoms with E-state index < -0.39 is 35.6 Å². The van der Waals surface area contributed by atoms with Gasteiger partial charge in [0.1, 0.15) is 17.7 Å². The first-order chi connectivity index (χ1) is 18.0. The smallest absolute Gasteiger partial charge is 0.408 e. The second kappa shape index (κ2) is 12.8. The molecule has 3 aromatic rings. The molecule has 0 aliphatic heterocycles. The summed E-state index contributed by atoms with van der Waals surface area (Å²) in [5.41, 5.74) is 1.36. The summed E-state index contributed by atoms with van der Waals surface area (Å²) in [7, 11) is 0. The van der Waals surface area contributed by atoms with E-state index in [1.165, 1.54) is 4.90 Å². The molecule has 0 saturated heterocycles. The highest BCUT2D eigenvalue weighted by atomic mass is 32.1. The molecule has 38 heavy (non-hydrogen) atoms. The topological polar surface area (TPSA) is 108 Å². The fourth-order valence-corrected chi connectivity index (χ4v) is 4.26. The number of aryl methyl sites for hydroxylation is 1. The lowest BCUT2D eigenvalue weighted by atomic mass is 10.0. The van der Waals surface area contributed by atoms with E-state index in [9.17, 15) is 19.5 Å². The van der Waals surface area contributed by atoms with E-state index in [1.807, 2.05) is 55.5 Å². The molecule has 2 atom stereocenters. The number of aliphatic hydroxyl groups is 1. The third kappa shape index (κ3) is 7.72. The molecule has 3 N–H and O–H groups in total. The Morgan fingerprint density at radius 1 is 1.00 bits per heavy atom. The normalized spacial score (nSPS) is 12.9. The number of hydrogen-bond donors (Lipinski definition) is 4. The van der Waals surface area contributed by atoms with Gasteiger partial charge in [-0.3, -0.25) is 9.59 Å². The Balaban J connectivity index is 1.95. The second-order valence-electron chi connectivity index (χ2n) is 10.0. The van der Waals surface area contributed by atoms with E-state index in [4.69, 9.17) is 4.74 Å². The van der Waals surface area contributed by atoms with Gasteiger partial charge in [0.25, 0.3) is 5.91 Å². The number of anilines is 1. The maximum absolute atomic E-state index is 13.8. The zero-order chi connectivity index (χ0) is 27.9. The molecule has 0 heterocycles. The highest BCUT2D eigenvalue weighted by Crippen LogP contribution is 2.26. The maximum atomic E-state index is 13.8. The van der Waals surface area contributed by atoms with Crippen LogP contribution in [-0.4, -0.2) is 58.5 Å². The molecule has 0 spiro atoms. The van der Waals surface area contributed by atoms with Crippen LogP contribution in [0.3, 0.4) is 0 Å². The van der Waals surface area contributed by atoms with Crippen LogP contribution < -0.4 is 10.6 Å². The van der Waals surface area contributed by atoms with Gasteiger partial charge in [-0.1, -0.05) is 60.2 Å². The van der Waals surface area contributed by atoms with E-state index in [-0.39, 0.29) is 18.9 Å². The van der Waals surface area contributed by atoms with Crippen molar-refractivity contribution in [2.45, 2.75) is 45.4 Å². The van der Waals surface area contributed by atoms with Gasteiger partial charge in [0, 0.05) is 18.0 Å². The van der Waals surface area contributed by atoms with E-state index >= 15 is 0 Å². The Labute approximate surface area is 228 Å². The van der Waals surface area contributed by atoms with Gasteiger partial charge in [-0.25, -0.2) is 4.79 Å². The summed E-state index contributed by atoms with van der Waals surface area (Å²) >= 11 is 4.26. The number of carbonyl (C=O) groups excluding carboxylic acids is 3. The third-order valence-corrected chi connectivity index (χ3v) is 6.13. The molecule has 0 saturated carbocycles. The van der Waals surface area contributed by atoms with Gasteiger partial charge in [0.15, 0.2) is 0 Å². The molecule has 202 valence electrons. The average Bonchev–Trinajstić information content (AvgIpc) is 2.86. The van der Waals surface area contributed by atoms with E-state index in [0.29, 0.717) is 11.3 Å². The van der Waals surface area contributed by atoms with Crippen molar-refractivity contribution in [3.05, 3.63) is 77.9 Å². The van der Waals surface area contributed by atoms with Crippen LogP contribution in [0.4, 0.5) is 10.5 Å². The standard InChI is InChI=1S/C29H35N3O5S/c1-19-9-11-21(12-10-19)25(26(34)30-23-14-13-20-7-5-6-8-22(20)17-23)32(15-16-33)27(35)24(18-38)31-28(36)37-29(2,3)4/h5-14,17,24-25,33,38H,15-16,18H2,1-4H3,(H,30,34)(H,31,36). The van der Waals surface area contributed by atoms with Gasteiger partial charge in [-0.15, -0.1) is 0 Å². The predicted octanol–water partition coefficient (Wildman–Crippen LogP) is 4.47. The minimum Gasteiger partial charge on any atom is -0.444 e. The molecule has 0 aromatic heterocycles. The van der Waals surface area contributed by atoms with Crippen molar-refractivity contribution in [1.29, 1.82) is 0 Å². The first kappa shape index (κ1) is 29.0. The third-order valence-electron chi connectivity index (χ3n) is 5.77. The molecule has 8 nitrogen and oxygen atoms in total. The molecule has 0 bridgehead atoms. The van der Waals surface area contributed by atoms with Gasteiger partial charge in [-0.2, -0.15) is 12.6 Å². The summed E-state index contributed by atoms with van der Waals surface area (Å²) in [6.07, 6.45) is -0.777. The summed E-state index contributed by atoms with van der Waals surface area (Å²) in [5, 5.41) is 17.3. The number of hydrogen-bond acceptors (Lipinski definition) is 6. The molecule has 0 fully saturated rings. The molecular formula is C29H35N3O5S. The van der Waals surface area contributed by atoms with Crippen LogP contribution in [0.15, 0.2) is 66.7 Å². The van der Waals surface area contributed by atoms with Gasteiger partial charge in [-0.05, 0) is 56.2 Å². The number of aliphatic hydroxyl groups excluding tert-OH is 1. The number of rotatable bonds is 9. The van der Waals surface area contributed by atoms with Crippen LogP contribution in [-0.2, 0) is 14.3 Å². The second-order valence-corrected chi connectivity index (χ2v) is 10.4. The molecule has 9 heteroatoms. The minimum atomic E-state index is -1.08. The Hall–Kier alpha value is -3.56. The Morgan fingerprint density at radius 2 is 1.66 bits per heavy atom. The Kier molecular flexibility index (Phi) is 9.77. The number of nitrogens with one attached hydrogen (secondary N) is 2. The molecule has 2 unspecified atom stereocenters. The van der Waals surface area contributed by atoms with Crippen molar-refractivity contribution in [3.63, 3.8) is 0 Å². The fraction of sp³-hybridized carbons (Fsp3) is 0.345. The summed E-state index contributed by atoms with van der Waals surface area (Å²) in [5.74, 6) is -1.06. The first-order valence-corrected chi connectivity index (χ1v) is 13.0. The number of alkyl carbamates (subject to hydrolysis) is 1. The van der Waals surface area contributed by atoms with E-state index in [1.54, 1.807) is 39.0 Å². The van der Waals surface area contributed by atoms with E-state index in [2.05, 4.69) is 23.3 Å². The molecule has 3 rings (SSSR count). The number of amides is 3. The minimum absolute atomic E-state index is 0.0348. The van der Waals surface area contributed by atoms with Crippen LogP contribution in [0.5, 0.6) is 0 Å². The van der Waals surface area contributed by atoms with Crippen molar-refractivity contribution < 1.29 is 24.2 Å². The molecule has 0 aliphatic rings. The number of thiol groups is 1. The van der Waals surface area contributed by atoms with Crippen molar-refractivity contribution >= 4 is 47.0 Å². The highest BCUT2D eigenvalue weighted by Gasteiger charge is 2.35. The van der Waals surface area contributed by atoms with Crippen molar-refractivity contribution in [3.8, 4) is 0 Å². The Morgan fingerprint density at radius 3 is 2.26 bits per heavy atom. The summed E-state index contributed by atoms with van der Waals surface area (Å²) in [6.45, 7) is 6.55. The first-order valence-electron chi connectivity index (χ1n) is 12.4. The van der Waals surface area contributed by atoms with Crippen LogP contribution >= 0.6 is 12.6 Å². The zero-order valence-corrected chi connectivity index (χ0v) is 23.0. The van der Waals surface area contributed by atoms with Gasteiger partial charge in [0.05, 0.1) is 6.61 Å². The fourth-order valence-electron chi connectivity index (χ4n) is 4.01. The van der Waals surface area contributed by atoms with Gasteiger partial charge >= 0.3 is 6.09 Å². The SMILES string of the molecule is Cc1ccc(C(C(=O)Nc2ccc3ccccc3c2)N(CCO)C(=O)C(CS)NC(=O)OC(C)(C)C)cc1. The summed E-state index contributed by atoms with van der Waals surface area (Å²) in [6, 6.07) is 18.4. The lowest BCUT2D eigenvalue weighted by molar-refractivity contribution is -0.140. The molecule has 3 amide bonds. The summed E-state index contributed by atoms with van der Waals surface area (Å²) in [4.78, 5) is 41.1. The molecule has 0 radical (unpaired) electrons. The largest absolute Gasteiger partial charge is 0.444 e. The van der Waals surface area contributed by atoms with Gasteiger partial charge in [0.2, 0.25) is 5.91 Å². The van der Waals surface area contributed by atoms with Crippen molar-refractivity contribution in [2.24, 2.45) is 0 Å². The van der Waals surface area contributed by atoms with Crippen LogP contribution in [0, 0.1) is 6.92 Å². The molecule has 3 aromatic carbocycles. The number of fused-ring (bicyclic) bond motifs is 1. The van der Waals surface area contributed by atoms with Crippen LogP contribution in [0.1, 0.15) is 37.9 Å². The van der Waals surface area contributed by atoms with Crippen molar-refractivity contribution in [2.75, 3.05) is 24.2 Å². The number of ether oxygens (including phenoxy) is 1. The molecule has 0 aliphatic carbocycles. The number of carbonyl (C=O) groups is 3. The van der Waals surface area contributed by atoms with E-state index in [0.717, 1.165) is 16.3 Å². The number of nitrogens with zero attached hydrogens (tertiary/aromatic N) is 1. The quantitative estimate of drug-likeness (QED) is 0.301. The van der Waals surface area contributed by atoms with Gasteiger partial charge < -0.3 is 25.4 Å².